The van der Waals surface area contributed by atoms with Crippen molar-refractivity contribution in [3.05, 3.63) is 42.2 Å². The minimum absolute atomic E-state index is 0.293. The van der Waals surface area contributed by atoms with Crippen molar-refractivity contribution in [2.24, 2.45) is 0 Å². The quantitative estimate of drug-likeness (QED) is 0.816. The summed E-state index contributed by atoms with van der Waals surface area (Å²) in [5.41, 5.74) is 0.343. The van der Waals surface area contributed by atoms with E-state index in [1.165, 1.54) is 25.8 Å². The molecule has 0 aliphatic carbocycles. The van der Waals surface area contributed by atoms with Gasteiger partial charge >= 0.3 is 0 Å². The molecule has 2 aromatic rings. The second kappa shape index (κ2) is 4.10. The van der Waals surface area contributed by atoms with E-state index in [1.807, 2.05) is 0 Å². The smallest absolute Gasteiger partial charge is 0.238 e. The summed E-state index contributed by atoms with van der Waals surface area (Å²) in [6, 6.07) is 3.36. The van der Waals surface area contributed by atoms with Crippen LogP contribution in [0.4, 0.5) is 0 Å². The van der Waals surface area contributed by atoms with Crippen LogP contribution < -0.4 is 4.74 Å². The van der Waals surface area contributed by atoms with Gasteiger partial charge < -0.3 is 14.3 Å². The largest absolute Gasteiger partial charge is 0.480 e. The van der Waals surface area contributed by atoms with Crippen molar-refractivity contribution >= 4 is 0 Å². The van der Waals surface area contributed by atoms with E-state index in [0.29, 0.717) is 17.3 Å². The average Bonchev–Trinajstić information content (AvgIpc) is 2.81. The molecular weight excluding hydrogens is 196 g/mol. The standard InChI is InChI=1S/C10H10N2O3/c1-14-10-8(11-4-5-12-10)9(13)7-3-2-6-15-7/h2-6,9,13H,1H3. The van der Waals surface area contributed by atoms with Crippen LogP contribution in [0.3, 0.4) is 0 Å². The van der Waals surface area contributed by atoms with Gasteiger partial charge in [0.25, 0.3) is 0 Å². The highest BCUT2D eigenvalue weighted by atomic mass is 16.5. The lowest BCUT2D eigenvalue weighted by Gasteiger charge is -2.09. The van der Waals surface area contributed by atoms with Crippen molar-refractivity contribution in [2.75, 3.05) is 7.11 Å². The fraction of sp³-hybridized carbons (Fsp3) is 0.200. The molecule has 0 spiro atoms. The molecule has 2 heterocycles. The number of furan rings is 1. The number of rotatable bonds is 3. The molecule has 0 bridgehead atoms. The van der Waals surface area contributed by atoms with Gasteiger partial charge in [-0.3, -0.25) is 4.98 Å². The highest BCUT2D eigenvalue weighted by Gasteiger charge is 2.19. The van der Waals surface area contributed by atoms with Gasteiger partial charge in [-0.25, -0.2) is 4.98 Å². The zero-order chi connectivity index (χ0) is 10.7. The van der Waals surface area contributed by atoms with Crippen molar-refractivity contribution in [2.45, 2.75) is 6.10 Å². The topological polar surface area (TPSA) is 68.4 Å². The summed E-state index contributed by atoms with van der Waals surface area (Å²) < 4.78 is 10.1. The Morgan fingerprint density at radius 2 is 2.20 bits per heavy atom. The number of hydrogen-bond donors (Lipinski definition) is 1. The Morgan fingerprint density at radius 3 is 2.87 bits per heavy atom. The van der Waals surface area contributed by atoms with E-state index >= 15 is 0 Å². The van der Waals surface area contributed by atoms with E-state index in [2.05, 4.69) is 9.97 Å². The molecular formula is C10H10N2O3. The van der Waals surface area contributed by atoms with Crippen LogP contribution in [0.1, 0.15) is 17.6 Å². The lowest BCUT2D eigenvalue weighted by atomic mass is 10.2. The molecule has 2 aromatic heterocycles. The van der Waals surface area contributed by atoms with E-state index in [1.54, 1.807) is 12.1 Å². The average molecular weight is 206 g/mol. The Balaban J connectivity index is 2.37. The molecule has 0 aliphatic heterocycles. The van der Waals surface area contributed by atoms with Crippen LogP contribution in [0.25, 0.3) is 0 Å². The van der Waals surface area contributed by atoms with Crippen LogP contribution in [0.5, 0.6) is 5.88 Å². The second-order valence-corrected chi connectivity index (χ2v) is 2.87. The molecule has 2 rings (SSSR count). The van der Waals surface area contributed by atoms with Gasteiger partial charge in [-0.15, -0.1) is 0 Å². The van der Waals surface area contributed by atoms with E-state index < -0.39 is 6.10 Å². The highest BCUT2D eigenvalue weighted by Crippen LogP contribution is 2.25. The van der Waals surface area contributed by atoms with E-state index in [4.69, 9.17) is 9.15 Å². The SMILES string of the molecule is COc1nccnc1C(O)c1ccco1. The molecule has 0 radical (unpaired) electrons. The molecule has 0 aromatic carbocycles. The molecule has 1 atom stereocenters. The van der Waals surface area contributed by atoms with Gasteiger partial charge in [0.15, 0.2) is 6.10 Å². The Kier molecular flexibility index (Phi) is 2.64. The van der Waals surface area contributed by atoms with Gasteiger partial charge in [-0.05, 0) is 12.1 Å². The molecule has 1 unspecified atom stereocenters. The molecule has 0 saturated heterocycles. The maximum absolute atomic E-state index is 9.92. The predicted octanol–water partition coefficient (Wildman–Crippen LogP) is 1.16. The molecule has 0 fully saturated rings. The summed E-state index contributed by atoms with van der Waals surface area (Å²) in [5.74, 6) is 0.704. The zero-order valence-corrected chi connectivity index (χ0v) is 8.12. The van der Waals surface area contributed by atoms with Crippen molar-refractivity contribution < 1.29 is 14.3 Å². The summed E-state index contributed by atoms with van der Waals surface area (Å²) >= 11 is 0. The highest BCUT2D eigenvalue weighted by molar-refractivity contribution is 5.25. The fourth-order valence-corrected chi connectivity index (χ4v) is 1.26. The molecule has 0 saturated carbocycles. The summed E-state index contributed by atoms with van der Waals surface area (Å²) in [4.78, 5) is 7.95. The van der Waals surface area contributed by atoms with Crippen LogP contribution >= 0.6 is 0 Å². The van der Waals surface area contributed by atoms with E-state index in [-0.39, 0.29) is 0 Å². The lowest BCUT2D eigenvalue weighted by molar-refractivity contribution is 0.179. The number of ether oxygens (including phenoxy) is 1. The number of aliphatic hydroxyl groups excluding tert-OH is 1. The van der Waals surface area contributed by atoms with Crippen LogP contribution in [0.15, 0.2) is 35.2 Å². The fourth-order valence-electron chi connectivity index (χ4n) is 1.26. The first-order chi connectivity index (χ1) is 7.33. The van der Waals surface area contributed by atoms with Gasteiger partial charge in [-0.1, -0.05) is 0 Å². The van der Waals surface area contributed by atoms with Crippen molar-refractivity contribution in [1.29, 1.82) is 0 Å². The number of hydrogen-bond acceptors (Lipinski definition) is 5. The van der Waals surface area contributed by atoms with Gasteiger partial charge in [0.1, 0.15) is 11.5 Å². The zero-order valence-electron chi connectivity index (χ0n) is 8.12. The number of nitrogens with zero attached hydrogens (tertiary/aromatic N) is 2. The van der Waals surface area contributed by atoms with Crippen molar-refractivity contribution in [3.63, 3.8) is 0 Å². The van der Waals surface area contributed by atoms with Crippen LogP contribution in [-0.2, 0) is 0 Å². The van der Waals surface area contributed by atoms with Gasteiger partial charge in [0.05, 0.1) is 13.4 Å². The molecule has 5 nitrogen and oxygen atoms in total. The van der Waals surface area contributed by atoms with Gasteiger partial charge in [0, 0.05) is 12.4 Å². The Bertz CT molecular complexity index is 428. The second-order valence-electron chi connectivity index (χ2n) is 2.87. The summed E-state index contributed by atoms with van der Waals surface area (Å²) in [6.45, 7) is 0. The third kappa shape index (κ3) is 1.82. The van der Waals surface area contributed by atoms with Crippen LogP contribution in [0, 0.1) is 0 Å². The first-order valence-corrected chi connectivity index (χ1v) is 4.39. The van der Waals surface area contributed by atoms with E-state index in [9.17, 15) is 5.11 Å². The van der Waals surface area contributed by atoms with Gasteiger partial charge in [-0.2, -0.15) is 0 Å². The number of aromatic nitrogens is 2. The Morgan fingerprint density at radius 1 is 1.40 bits per heavy atom. The minimum atomic E-state index is -0.955. The maximum Gasteiger partial charge on any atom is 0.238 e. The third-order valence-electron chi connectivity index (χ3n) is 1.96. The first-order valence-electron chi connectivity index (χ1n) is 4.39. The summed E-state index contributed by atoms with van der Waals surface area (Å²) in [6.07, 6.45) is 3.52. The Hall–Kier alpha value is -1.88. The number of methoxy groups -OCH3 is 1. The van der Waals surface area contributed by atoms with Gasteiger partial charge in [0.2, 0.25) is 5.88 Å². The summed E-state index contributed by atoms with van der Waals surface area (Å²) in [7, 11) is 1.47. The maximum atomic E-state index is 9.92. The first kappa shape index (κ1) is 9.67. The minimum Gasteiger partial charge on any atom is -0.480 e. The molecule has 5 heteroatoms. The summed E-state index contributed by atoms with van der Waals surface area (Å²) in [5, 5.41) is 9.92. The predicted molar refractivity (Wildman–Crippen MR) is 51.4 cm³/mol. The van der Waals surface area contributed by atoms with Crippen molar-refractivity contribution in [1.82, 2.24) is 9.97 Å². The third-order valence-corrected chi connectivity index (χ3v) is 1.96. The Labute approximate surface area is 86.4 Å². The molecule has 0 amide bonds. The lowest BCUT2D eigenvalue weighted by Crippen LogP contribution is -2.05. The number of aliphatic hydroxyl groups is 1. The monoisotopic (exact) mass is 206 g/mol. The molecule has 0 aliphatic rings. The van der Waals surface area contributed by atoms with Crippen LogP contribution in [-0.4, -0.2) is 22.2 Å². The molecule has 15 heavy (non-hydrogen) atoms. The van der Waals surface area contributed by atoms with E-state index in [0.717, 1.165) is 0 Å². The van der Waals surface area contributed by atoms with Crippen LogP contribution in [0.2, 0.25) is 0 Å². The van der Waals surface area contributed by atoms with Crippen molar-refractivity contribution in [3.8, 4) is 5.88 Å². The normalized spacial score (nSPS) is 12.4. The molecule has 1 N–H and O–H groups in total. The molecule has 78 valence electrons.